The van der Waals surface area contributed by atoms with Gasteiger partial charge in [0, 0.05) is 14.1 Å². The molecule has 2 aromatic rings. The van der Waals surface area contributed by atoms with Gasteiger partial charge in [-0.15, -0.1) is 0 Å². The molecule has 2 aliphatic rings. The highest BCUT2D eigenvalue weighted by atomic mass is 16.5. The van der Waals surface area contributed by atoms with Crippen LogP contribution in [0.2, 0.25) is 0 Å². The van der Waals surface area contributed by atoms with Crippen LogP contribution in [0.5, 0.6) is 5.75 Å². The summed E-state index contributed by atoms with van der Waals surface area (Å²) in [7, 11) is 3.08. The van der Waals surface area contributed by atoms with Gasteiger partial charge in [-0.3, -0.25) is 9.69 Å². The van der Waals surface area contributed by atoms with Crippen LogP contribution in [0.4, 0.5) is 4.79 Å². The van der Waals surface area contributed by atoms with Crippen LogP contribution in [-0.4, -0.2) is 83.3 Å². The lowest BCUT2D eigenvalue weighted by atomic mass is 10.1. The van der Waals surface area contributed by atoms with Crippen LogP contribution in [-0.2, 0) is 11.3 Å². The van der Waals surface area contributed by atoms with Gasteiger partial charge in [0.2, 0.25) is 0 Å². The summed E-state index contributed by atoms with van der Waals surface area (Å²) >= 11 is 0. The molecule has 0 radical (unpaired) electrons. The number of furan rings is 1. The van der Waals surface area contributed by atoms with E-state index < -0.39 is 24.3 Å². The maximum Gasteiger partial charge on any atom is 0.327 e. The lowest BCUT2D eigenvalue weighted by molar-refractivity contribution is -0.136. The molecular formula is C23H29N5O5. The number of benzene rings is 1. The summed E-state index contributed by atoms with van der Waals surface area (Å²) in [6.07, 6.45) is 0.0694. The predicted octanol–water partition coefficient (Wildman–Crippen LogP) is 1.32. The third-order valence-electron chi connectivity index (χ3n) is 6.07. The maximum absolute atomic E-state index is 13.0. The number of β-amino-alcohol motifs (C(OH)–C–C–N with tert-alkyl or cyclic N) is 1. The minimum absolute atomic E-state index is 0.0423. The number of ether oxygens (including phenoxy) is 1. The number of aliphatic hydroxyl groups excluding tert-OH is 1. The average molecular weight is 456 g/mol. The normalized spacial score (nSPS) is 22.6. The Labute approximate surface area is 192 Å². The summed E-state index contributed by atoms with van der Waals surface area (Å²) in [6.45, 7) is 4.41. The molecule has 10 nitrogen and oxygen atoms in total. The van der Waals surface area contributed by atoms with Gasteiger partial charge in [0.25, 0.3) is 5.91 Å². The van der Waals surface area contributed by atoms with Crippen molar-refractivity contribution in [1.29, 1.82) is 0 Å². The number of carbonyl (C=O) groups is 2. The van der Waals surface area contributed by atoms with Crippen molar-refractivity contribution in [3.63, 3.8) is 0 Å². The van der Waals surface area contributed by atoms with Gasteiger partial charge in [-0.25, -0.2) is 9.79 Å². The number of amides is 3. The number of imide groups is 1. The molecule has 3 unspecified atom stereocenters. The topological polar surface area (TPSA) is 111 Å². The van der Waals surface area contributed by atoms with E-state index in [1.807, 2.05) is 32.0 Å². The van der Waals surface area contributed by atoms with Gasteiger partial charge in [-0.2, -0.15) is 0 Å². The third-order valence-corrected chi connectivity index (χ3v) is 6.07. The molecule has 33 heavy (non-hydrogen) atoms. The van der Waals surface area contributed by atoms with E-state index >= 15 is 0 Å². The van der Waals surface area contributed by atoms with Gasteiger partial charge in [-0.1, -0.05) is 6.07 Å². The van der Waals surface area contributed by atoms with E-state index in [1.165, 1.54) is 11.9 Å². The number of guanidine groups is 1. The second-order valence-corrected chi connectivity index (χ2v) is 8.41. The predicted molar refractivity (Wildman–Crippen MR) is 121 cm³/mol. The fraction of sp³-hybridized carbons (Fsp3) is 0.435. The first kappa shape index (κ1) is 22.7. The number of fused-ring (bicyclic) bond motifs is 1. The van der Waals surface area contributed by atoms with Gasteiger partial charge in [-0.05, 0) is 49.2 Å². The minimum Gasteiger partial charge on any atom is -0.491 e. The minimum atomic E-state index is -0.901. The first-order valence-corrected chi connectivity index (χ1v) is 10.8. The summed E-state index contributed by atoms with van der Waals surface area (Å²) in [6, 6.07) is 8.20. The van der Waals surface area contributed by atoms with Crippen molar-refractivity contribution in [2.75, 3.05) is 27.2 Å². The molecule has 3 atom stereocenters. The fourth-order valence-corrected chi connectivity index (χ4v) is 3.99. The van der Waals surface area contributed by atoms with Crippen molar-refractivity contribution in [2.24, 2.45) is 4.99 Å². The Morgan fingerprint density at radius 2 is 2.00 bits per heavy atom. The summed E-state index contributed by atoms with van der Waals surface area (Å²) in [5, 5.41) is 13.9. The Morgan fingerprint density at radius 1 is 1.21 bits per heavy atom. The SMILES string of the molecule is Cc1ccc(OCC(O)CN2C(=NCc3ccco3)NC3C2C(=O)N(C)C(=O)N3C)cc1C. The van der Waals surface area contributed by atoms with Crippen LogP contribution >= 0.6 is 0 Å². The van der Waals surface area contributed by atoms with Gasteiger partial charge < -0.3 is 29.4 Å². The number of hydrogen-bond donors (Lipinski definition) is 2. The summed E-state index contributed by atoms with van der Waals surface area (Å²) in [5.74, 6) is 1.38. The average Bonchev–Trinajstić information content (AvgIpc) is 3.44. The van der Waals surface area contributed by atoms with Crippen molar-refractivity contribution in [3.8, 4) is 5.75 Å². The van der Waals surface area contributed by atoms with E-state index in [0.29, 0.717) is 17.5 Å². The highest BCUT2D eigenvalue weighted by Crippen LogP contribution is 2.25. The number of rotatable bonds is 7. The van der Waals surface area contributed by atoms with Crippen LogP contribution < -0.4 is 10.1 Å². The van der Waals surface area contributed by atoms with E-state index in [2.05, 4.69) is 10.3 Å². The van der Waals surface area contributed by atoms with Gasteiger partial charge in [0.05, 0.1) is 12.8 Å². The zero-order valence-electron chi connectivity index (χ0n) is 19.2. The summed E-state index contributed by atoms with van der Waals surface area (Å²) < 4.78 is 11.1. The second kappa shape index (κ2) is 9.14. The molecule has 2 fully saturated rings. The smallest absolute Gasteiger partial charge is 0.327 e. The molecule has 176 valence electrons. The molecule has 0 bridgehead atoms. The van der Waals surface area contributed by atoms with E-state index in [9.17, 15) is 14.7 Å². The highest BCUT2D eigenvalue weighted by molar-refractivity contribution is 6.04. The standard InChI is InChI=1S/C23H29N5O5/c1-14-7-8-17(10-15(14)2)33-13-16(29)12-28-19-20(26(3)23(31)27(4)21(19)30)25-22(28)24-11-18-6-5-9-32-18/h5-10,16,19-20,29H,11-13H2,1-4H3,(H,24,25). The molecule has 0 aliphatic carbocycles. The second-order valence-electron chi connectivity index (χ2n) is 8.41. The van der Waals surface area contributed by atoms with Crippen LogP contribution in [0.25, 0.3) is 0 Å². The number of nitrogens with one attached hydrogen (secondary N) is 1. The molecule has 10 heteroatoms. The van der Waals surface area contributed by atoms with E-state index in [4.69, 9.17) is 9.15 Å². The zero-order chi connectivity index (χ0) is 23.7. The van der Waals surface area contributed by atoms with Gasteiger partial charge >= 0.3 is 6.03 Å². The molecule has 3 amide bonds. The van der Waals surface area contributed by atoms with Crippen LogP contribution in [0.3, 0.4) is 0 Å². The number of aryl methyl sites for hydroxylation is 2. The first-order valence-electron chi connectivity index (χ1n) is 10.8. The molecule has 2 N–H and O–H groups in total. The Hall–Kier alpha value is -3.53. The monoisotopic (exact) mass is 455 g/mol. The van der Waals surface area contributed by atoms with Gasteiger partial charge in [0.1, 0.15) is 36.9 Å². The molecule has 3 heterocycles. The number of nitrogens with zero attached hydrogens (tertiary/aromatic N) is 4. The van der Waals surface area contributed by atoms with Crippen LogP contribution in [0, 0.1) is 13.8 Å². The van der Waals surface area contributed by atoms with Crippen LogP contribution in [0.1, 0.15) is 16.9 Å². The fourth-order valence-electron chi connectivity index (χ4n) is 3.99. The number of urea groups is 1. The maximum atomic E-state index is 13.0. The molecule has 2 aliphatic heterocycles. The Bertz CT molecular complexity index is 1050. The summed E-state index contributed by atoms with van der Waals surface area (Å²) in [5.41, 5.74) is 2.26. The largest absolute Gasteiger partial charge is 0.491 e. The molecule has 1 aromatic carbocycles. The number of likely N-dealkylation sites (N-methyl/N-ethyl adjacent to an activating group) is 2. The van der Waals surface area contributed by atoms with E-state index in [0.717, 1.165) is 16.0 Å². The molecule has 0 saturated carbocycles. The summed E-state index contributed by atoms with van der Waals surface area (Å²) in [4.78, 5) is 34.2. The van der Waals surface area contributed by atoms with Crippen molar-refractivity contribution in [2.45, 2.75) is 38.7 Å². The molecule has 0 spiro atoms. The van der Waals surface area contributed by atoms with Gasteiger partial charge in [0.15, 0.2) is 12.0 Å². The van der Waals surface area contributed by atoms with Crippen LogP contribution in [0.15, 0.2) is 46.0 Å². The van der Waals surface area contributed by atoms with E-state index in [-0.39, 0.29) is 25.6 Å². The number of aliphatic hydroxyl groups is 1. The Balaban J connectivity index is 1.52. The Morgan fingerprint density at radius 3 is 2.70 bits per heavy atom. The Kier molecular flexibility index (Phi) is 6.28. The van der Waals surface area contributed by atoms with Crippen molar-refractivity contribution < 1.29 is 23.8 Å². The molecule has 4 rings (SSSR count). The third kappa shape index (κ3) is 4.51. The number of hydrogen-bond acceptors (Lipinski definition) is 6. The number of aliphatic imine (C=N–C) groups is 1. The first-order chi connectivity index (χ1) is 15.8. The van der Waals surface area contributed by atoms with E-state index in [1.54, 1.807) is 30.3 Å². The lowest BCUT2D eigenvalue weighted by Gasteiger charge is -2.39. The lowest BCUT2D eigenvalue weighted by Crippen LogP contribution is -2.65. The number of carbonyl (C=O) groups excluding carboxylic acids is 2. The highest BCUT2D eigenvalue weighted by Gasteiger charge is 2.52. The molecular weight excluding hydrogens is 426 g/mol. The van der Waals surface area contributed by atoms with Crippen molar-refractivity contribution in [3.05, 3.63) is 53.5 Å². The molecule has 2 saturated heterocycles. The van der Waals surface area contributed by atoms with Crippen molar-refractivity contribution in [1.82, 2.24) is 20.0 Å². The molecule has 1 aromatic heterocycles. The zero-order valence-corrected chi connectivity index (χ0v) is 19.2. The quantitative estimate of drug-likeness (QED) is 0.648. The van der Waals surface area contributed by atoms with Crippen molar-refractivity contribution >= 4 is 17.9 Å².